The number of aromatic nitrogens is 3. The van der Waals surface area contributed by atoms with Crippen LogP contribution in [0.3, 0.4) is 0 Å². The second-order valence-corrected chi connectivity index (χ2v) is 9.10. The fraction of sp³-hybridized carbons (Fsp3) is 0.286. The van der Waals surface area contributed by atoms with Gasteiger partial charge in [-0.3, -0.25) is 4.79 Å². The van der Waals surface area contributed by atoms with Gasteiger partial charge in [0.2, 0.25) is 5.91 Å². The van der Waals surface area contributed by atoms with Gasteiger partial charge in [-0.2, -0.15) is 5.10 Å². The molecule has 1 heterocycles. The Morgan fingerprint density at radius 2 is 1.76 bits per heavy atom. The van der Waals surface area contributed by atoms with Gasteiger partial charge in [-0.15, -0.1) is 0 Å². The Labute approximate surface area is 170 Å². The van der Waals surface area contributed by atoms with Crippen molar-refractivity contribution < 1.29 is 13.2 Å². The van der Waals surface area contributed by atoms with Gasteiger partial charge in [0.15, 0.2) is 9.84 Å². The molecule has 1 amide bonds. The van der Waals surface area contributed by atoms with Crippen LogP contribution in [0.2, 0.25) is 0 Å². The average molecular weight is 413 g/mol. The zero-order valence-electron chi connectivity index (χ0n) is 16.7. The van der Waals surface area contributed by atoms with Crippen LogP contribution < -0.4 is 0 Å². The number of rotatable bonds is 7. The van der Waals surface area contributed by atoms with E-state index in [4.69, 9.17) is 0 Å². The van der Waals surface area contributed by atoms with Crippen molar-refractivity contribution in [3.63, 3.8) is 0 Å². The molecule has 2 aromatic carbocycles. The molecule has 0 spiro atoms. The SMILES string of the molecule is Cc1ccc(S(=O)(=O)CCC(=O)N(C)[C@H](C)c2ccc(-n3cncn3)cc2)cc1. The van der Waals surface area contributed by atoms with E-state index in [0.717, 1.165) is 16.8 Å². The van der Waals surface area contributed by atoms with Gasteiger partial charge in [-0.1, -0.05) is 29.8 Å². The number of hydrogen-bond acceptors (Lipinski definition) is 5. The van der Waals surface area contributed by atoms with Crippen LogP contribution in [0.4, 0.5) is 0 Å². The summed E-state index contributed by atoms with van der Waals surface area (Å²) in [5, 5.41) is 4.09. The third kappa shape index (κ3) is 4.89. The maximum atomic E-state index is 12.6. The summed E-state index contributed by atoms with van der Waals surface area (Å²) in [6, 6.07) is 14.1. The quantitative estimate of drug-likeness (QED) is 0.596. The van der Waals surface area contributed by atoms with E-state index in [1.807, 2.05) is 38.1 Å². The van der Waals surface area contributed by atoms with Crippen LogP contribution in [0.25, 0.3) is 5.69 Å². The first-order chi connectivity index (χ1) is 13.8. The molecule has 3 rings (SSSR count). The molecule has 0 saturated heterocycles. The Bertz CT molecular complexity index is 1060. The number of amides is 1. The van der Waals surface area contributed by atoms with E-state index in [9.17, 15) is 13.2 Å². The van der Waals surface area contributed by atoms with Crippen molar-refractivity contribution in [1.29, 1.82) is 0 Å². The van der Waals surface area contributed by atoms with Crippen molar-refractivity contribution in [2.24, 2.45) is 0 Å². The lowest BCUT2D eigenvalue weighted by Crippen LogP contribution is -2.31. The molecule has 29 heavy (non-hydrogen) atoms. The monoisotopic (exact) mass is 412 g/mol. The molecular formula is C21H24N4O3S. The molecule has 1 atom stereocenters. The molecule has 152 valence electrons. The van der Waals surface area contributed by atoms with Crippen LogP contribution in [0.15, 0.2) is 66.1 Å². The lowest BCUT2D eigenvalue weighted by atomic mass is 10.1. The zero-order chi connectivity index (χ0) is 21.0. The van der Waals surface area contributed by atoms with Crippen molar-refractivity contribution in [2.45, 2.75) is 31.2 Å². The Balaban J connectivity index is 1.62. The molecule has 1 aromatic heterocycles. The average Bonchev–Trinajstić information content (AvgIpc) is 3.26. The molecular weight excluding hydrogens is 388 g/mol. The number of hydrogen-bond donors (Lipinski definition) is 0. The highest BCUT2D eigenvalue weighted by molar-refractivity contribution is 7.91. The Morgan fingerprint density at radius 1 is 1.10 bits per heavy atom. The Morgan fingerprint density at radius 3 is 2.34 bits per heavy atom. The number of sulfone groups is 1. The summed E-state index contributed by atoms with van der Waals surface area (Å²) in [5.41, 5.74) is 2.81. The third-order valence-corrected chi connectivity index (χ3v) is 6.73. The molecule has 0 bridgehead atoms. The summed E-state index contributed by atoms with van der Waals surface area (Å²) in [5.74, 6) is -0.425. The summed E-state index contributed by atoms with van der Waals surface area (Å²) in [7, 11) is -1.80. The van der Waals surface area contributed by atoms with Crippen molar-refractivity contribution in [3.05, 3.63) is 72.3 Å². The van der Waals surface area contributed by atoms with Crippen LogP contribution in [0, 0.1) is 6.92 Å². The molecule has 0 saturated carbocycles. The fourth-order valence-corrected chi connectivity index (χ4v) is 4.18. The van der Waals surface area contributed by atoms with Gasteiger partial charge in [0.05, 0.1) is 22.4 Å². The molecule has 0 radical (unpaired) electrons. The van der Waals surface area contributed by atoms with Gasteiger partial charge < -0.3 is 4.90 Å². The maximum absolute atomic E-state index is 12.6. The van der Waals surface area contributed by atoms with Gasteiger partial charge >= 0.3 is 0 Å². The van der Waals surface area contributed by atoms with E-state index in [2.05, 4.69) is 10.1 Å². The van der Waals surface area contributed by atoms with E-state index >= 15 is 0 Å². The molecule has 3 aromatic rings. The first-order valence-corrected chi connectivity index (χ1v) is 10.9. The fourth-order valence-electron chi connectivity index (χ4n) is 2.95. The number of nitrogens with zero attached hydrogens (tertiary/aromatic N) is 4. The second kappa shape index (κ2) is 8.57. The van der Waals surface area contributed by atoms with Crippen molar-refractivity contribution >= 4 is 15.7 Å². The largest absolute Gasteiger partial charge is 0.339 e. The van der Waals surface area contributed by atoms with Gasteiger partial charge in [-0.05, 0) is 43.7 Å². The normalized spacial score (nSPS) is 12.5. The zero-order valence-corrected chi connectivity index (χ0v) is 17.5. The highest BCUT2D eigenvalue weighted by Crippen LogP contribution is 2.21. The highest BCUT2D eigenvalue weighted by atomic mass is 32.2. The molecule has 0 aliphatic heterocycles. The lowest BCUT2D eigenvalue weighted by Gasteiger charge is -2.25. The van der Waals surface area contributed by atoms with Gasteiger partial charge in [0.25, 0.3) is 0 Å². The number of benzene rings is 2. The molecule has 0 aliphatic carbocycles. The minimum Gasteiger partial charge on any atom is -0.339 e. The van der Waals surface area contributed by atoms with Gasteiger partial charge in [0, 0.05) is 13.5 Å². The molecule has 7 nitrogen and oxygen atoms in total. The van der Waals surface area contributed by atoms with E-state index in [0.29, 0.717) is 0 Å². The van der Waals surface area contributed by atoms with E-state index < -0.39 is 9.84 Å². The predicted molar refractivity (Wildman–Crippen MR) is 110 cm³/mol. The summed E-state index contributed by atoms with van der Waals surface area (Å²) in [6.45, 7) is 3.81. The van der Waals surface area contributed by atoms with Crippen molar-refractivity contribution in [3.8, 4) is 5.69 Å². The molecule has 8 heteroatoms. The van der Waals surface area contributed by atoms with Crippen molar-refractivity contribution in [1.82, 2.24) is 19.7 Å². The summed E-state index contributed by atoms with van der Waals surface area (Å²) in [6.07, 6.45) is 3.02. The third-order valence-electron chi connectivity index (χ3n) is 5.00. The van der Waals surface area contributed by atoms with Crippen molar-refractivity contribution in [2.75, 3.05) is 12.8 Å². The van der Waals surface area contributed by atoms with Gasteiger partial charge in [0.1, 0.15) is 12.7 Å². The number of carbonyl (C=O) groups excluding carboxylic acids is 1. The van der Waals surface area contributed by atoms with E-state index in [1.54, 1.807) is 47.2 Å². The maximum Gasteiger partial charge on any atom is 0.223 e. The lowest BCUT2D eigenvalue weighted by molar-refractivity contribution is -0.131. The van der Waals surface area contributed by atoms with Crippen LogP contribution in [-0.2, 0) is 14.6 Å². The molecule has 0 aliphatic rings. The van der Waals surface area contributed by atoms with E-state index in [-0.39, 0.29) is 29.0 Å². The first kappa shape index (κ1) is 20.7. The van der Waals surface area contributed by atoms with Crippen LogP contribution in [-0.4, -0.2) is 46.8 Å². The standard InChI is InChI=1S/C21H24N4O3S/c1-16-4-10-20(11-5-16)29(27,28)13-12-21(26)24(3)17(2)18-6-8-19(9-7-18)25-15-22-14-23-25/h4-11,14-15,17H,12-13H2,1-3H3/t17-/m1/s1. The molecule has 0 fully saturated rings. The number of aryl methyl sites for hydroxylation is 1. The van der Waals surface area contributed by atoms with Crippen LogP contribution in [0.5, 0.6) is 0 Å². The van der Waals surface area contributed by atoms with Gasteiger partial charge in [-0.25, -0.2) is 18.1 Å². The Hall–Kier alpha value is -3.00. The molecule has 0 unspecified atom stereocenters. The first-order valence-electron chi connectivity index (χ1n) is 9.28. The summed E-state index contributed by atoms with van der Waals surface area (Å²) < 4.78 is 26.6. The van der Waals surface area contributed by atoms with Crippen LogP contribution >= 0.6 is 0 Å². The minimum absolute atomic E-state index is 0.0614. The van der Waals surface area contributed by atoms with E-state index in [1.165, 1.54) is 6.33 Å². The Kier molecular flexibility index (Phi) is 6.12. The number of carbonyl (C=O) groups is 1. The highest BCUT2D eigenvalue weighted by Gasteiger charge is 2.21. The topological polar surface area (TPSA) is 85.2 Å². The summed E-state index contributed by atoms with van der Waals surface area (Å²) >= 11 is 0. The second-order valence-electron chi connectivity index (χ2n) is 6.99. The predicted octanol–water partition coefficient (Wildman–Crippen LogP) is 2.96. The smallest absolute Gasteiger partial charge is 0.223 e. The summed E-state index contributed by atoms with van der Waals surface area (Å²) in [4.78, 5) is 18.3. The van der Waals surface area contributed by atoms with Crippen LogP contribution in [0.1, 0.15) is 30.5 Å². The minimum atomic E-state index is -3.49. The molecule has 0 N–H and O–H groups in total.